The summed E-state index contributed by atoms with van der Waals surface area (Å²) in [5, 5.41) is 23.5. The first-order valence-corrected chi connectivity index (χ1v) is 11.9. The Morgan fingerprint density at radius 2 is 2.09 bits per heavy atom. The molecule has 9 heteroatoms. The third kappa shape index (κ3) is 3.81. The molecule has 2 atom stereocenters. The van der Waals surface area contributed by atoms with E-state index in [2.05, 4.69) is 19.2 Å². The molecule has 1 fully saturated rings. The first-order chi connectivity index (χ1) is 16.4. The molecule has 1 aliphatic heterocycles. The third-order valence-electron chi connectivity index (χ3n) is 6.38. The molecule has 7 nitrogen and oxygen atoms in total. The predicted octanol–water partition coefficient (Wildman–Crippen LogP) is 3.72. The number of aromatic nitrogens is 3. The standard InChI is InChI=1S/C25H26FN4O3P/c1-3-16-19(26)7-6-13-9-15(32)10-17(20(13)16)21-23(34)22-18(11-27-21)24(29-25(28-22)33-2)30-8-4-5-14(31)12-30/h6-7,9-11,14,31-32H,3-5,8,12,34H2,1-2H3. The Bertz CT molecular complexity index is 1410. The number of aromatic hydroxyl groups is 1. The van der Waals surface area contributed by atoms with E-state index in [-0.39, 0.29) is 17.6 Å². The van der Waals surface area contributed by atoms with Crippen molar-refractivity contribution in [3.8, 4) is 23.0 Å². The van der Waals surface area contributed by atoms with E-state index in [0.717, 1.165) is 35.5 Å². The average Bonchev–Trinajstić information content (AvgIpc) is 2.83. The van der Waals surface area contributed by atoms with E-state index in [1.165, 1.54) is 13.2 Å². The number of hydrogen-bond acceptors (Lipinski definition) is 7. The molecule has 176 valence electrons. The number of pyridine rings is 1. The topological polar surface area (TPSA) is 91.6 Å². The first-order valence-electron chi connectivity index (χ1n) is 11.3. The van der Waals surface area contributed by atoms with Gasteiger partial charge in [0.2, 0.25) is 0 Å². The van der Waals surface area contributed by atoms with Gasteiger partial charge in [0.05, 0.1) is 29.8 Å². The van der Waals surface area contributed by atoms with E-state index in [4.69, 9.17) is 9.72 Å². The van der Waals surface area contributed by atoms with Crippen LogP contribution in [0.5, 0.6) is 11.8 Å². The molecule has 2 unspecified atom stereocenters. The Kier molecular flexibility index (Phi) is 5.96. The number of phenols is 1. The third-order valence-corrected chi connectivity index (χ3v) is 6.93. The molecule has 4 aromatic rings. The monoisotopic (exact) mass is 480 g/mol. The minimum Gasteiger partial charge on any atom is -0.508 e. The number of aliphatic hydroxyl groups excluding tert-OH is 1. The van der Waals surface area contributed by atoms with Crippen molar-refractivity contribution in [1.29, 1.82) is 0 Å². The summed E-state index contributed by atoms with van der Waals surface area (Å²) in [5.41, 5.74) is 2.40. The highest BCUT2D eigenvalue weighted by molar-refractivity contribution is 7.28. The number of phenolic OH excluding ortho intramolecular Hbond substituents is 1. The quantitative estimate of drug-likeness (QED) is 0.430. The van der Waals surface area contributed by atoms with Gasteiger partial charge in [0.25, 0.3) is 0 Å². The number of anilines is 1. The predicted molar refractivity (Wildman–Crippen MR) is 135 cm³/mol. The van der Waals surface area contributed by atoms with Crippen LogP contribution in [0.4, 0.5) is 10.2 Å². The summed E-state index contributed by atoms with van der Waals surface area (Å²) < 4.78 is 20.1. The zero-order chi connectivity index (χ0) is 24.0. The van der Waals surface area contributed by atoms with Crippen molar-refractivity contribution in [1.82, 2.24) is 15.0 Å². The van der Waals surface area contributed by atoms with Crippen LogP contribution in [0.1, 0.15) is 25.3 Å². The molecule has 0 spiro atoms. The molecule has 2 N–H and O–H groups in total. The molecule has 3 heterocycles. The van der Waals surface area contributed by atoms with Gasteiger partial charge in [-0.05, 0) is 53.8 Å². The summed E-state index contributed by atoms with van der Waals surface area (Å²) in [6.45, 7) is 3.14. The lowest BCUT2D eigenvalue weighted by atomic mass is 9.94. The van der Waals surface area contributed by atoms with E-state index in [9.17, 15) is 14.6 Å². The Morgan fingerprint density at radius 3 is 2.82 bits per heavy atom. The van der Waals surface area contributed by atoms with Crippen LogP contribution in [0.2, 0.25) is 0 Å². The Labute approximate surface area is 198 Å². The maximum atomic E-state index is 14.7. The number of methoxy groups -OCH3 is 1. The van der Waals surface area contributed by atoms with Gasteiger partial charge >= 0.3 is 6.01 Å². The Morgan fingerprint density at radius 1 is 1.26 bits per heavy atom. The van der Waals surface area contributed by atoms with Gasteiger partial charge in [-0.1, -0.05) is 13.0 Å². The maximum absolute atomic E-state index is 14.7. The molecule has 2 aromatic heterocycles. The molecular weight excluding hydrogens is 454 g/mol. The van der Waals surface area contributed by atoms with E-state index in [1.807, 2.05) is 11.8 Å². The normalized spacial score (nSPS) is 16.4. The van der Waals surface area contributed by atoms with Crippen LogP contribution in [0.15, 0.2) is 30.5 Å². The number of rotatable bonds is 4. The van der Waals surface area contributed by atoms with Gasteiger partial charge in [-0.3, -0.25) is 4.98 Å². The number of benzene rings is 2. The number of aryl methyl sites for hydroxylation is 1. The van der Waals surface area contributed by atoms with Crippen LogP contribution >= 0.6 is 9.24 Å². The van der Waals surface area contributed by atoms with Crippen molar-refractivity contribution in [2.45, 2.75) is 32.3 Å². The second-order valence-electron chi connectivity index (χ2n) is 8.53. The average molecular weight is 480 g/mol. The molecule has 34 heavy (non-hydrogen) atoms. The summed E-state index contributed by atoms with van der Waals surface area (Å²) in [4.78, 5) is 15.9. The molecular formula is C25H26FN4O3P. The highest BCUT2D eigenvalue weighted by Gasteiger charge is 2.24. The first kappa shape index (κ1) is 22.7. The number of halogens is 1. The van der Waals surface area contributed by atoms with E-state index < -0.39 is 6.10 Å². The van der Waals surface area contributed by atoms with E-state index in [0.29, 0.717) is 46.4 Å². The van der Waals surface area contributed by atoms with E-state index in [1.54, 1.807) is 24.4 Å². The lowest BCUT2D eigenvalue weighted by molar-refractivity contribution is 0.154. The Hall–Kier alpha value is -3.09. The fourth-order valence-electron chi connectivity index (χ4n) is 4.80. The van der Waals surface area contributed by atoms with E-state index >= 15 is 0 Å². The number of piperidine rings is 1. The van der Waals surface area contributed by atoms with Crippen molar-refractivity contribution in [3.63, 3.8) is 0 Å². The smallest absolute Gasteiger partial charge is 0.318 e. The zero-order valence-electron chi connectivity index (χ0n) is 19.0. The second-order valence-corrected chi connectivity index (χ2v) is 9.11. The fraction of sp³-hybridized carbons (Fsp3) is 0.320. The Balaban J connectivity index is 1.78. The highest BCUT2D eigenvalue weighted by Crippen LogP contribution is 2.37. The number of ether oxygens (including phenoxy) is 1. The van der Waals surface area contributed by atoms with Gasteiger partial charge in [-0.25, -0.2) is 4.39 Å². The SMILES string of the molecule is CCc1c(F)ccc2cc(O)cc(-c3ncc4c(N5CCCC(O)C5)nc(OC)nc4c3P)c12. The van der Waals surface area contributed by atoms with Crippen molar-refractivity contribution in [3.05, 3.63) is 41.8 Å². The lowest BCUT2D eigenvalue weighted by Crippen LogP contribution is -2.39. The maximum Gasteiger partial charge on any atom is 0.318 e. The largest absolute Gasteiger partial charge is 0.508 e. The van der Waals surface area contributed by atoms with Gasteiger partial charge in [-0.2, -0.15) is 9.97 Å². The molecule has 0 saturated carbocycles. The number of β-amino-alcohol motifs (C(OH)–C–C–N with tert-alkyl or cyclic N) is 1. The van der Waals surface area contributed by atoms with Gasteiger partial charge in [-0.15, -0.1) is 9.24 Å². The minimum atomic E-state index is -0.423. The number of fused-ring (bicyclic) bond motifs is 2. The summed E-state index contributed by atoms with van der Waals surface area (Å²) in [6, 6.07) is 6.55. The highest BCUT2D eigenvalue weighted by atomic mass is 31.0. The van der Waals surface area contributed by atoms with Gasteiger partial charge in [0.15, 0.2) is 0 Å². The summed E-state index contributed by atoms with van der Waals surface area (Å²) >= 11 is 0. The molecule has 0 bridgehead atoms. The number of nitrogens with zero attached hydrogens (tertiary/aromatic N) is 4. The molecule has 1 aliphatic rings. The van der Waals surface area contributed by atoms with Gasteiger partial charge in [0, 0.05) is 30.2 Å². The molecule has 0 aliphatic carbocycles. The van der Waals surface area contributed by atoms with Crippen molar-refractivity contribution in [2.75, 3.05) is 25.1 Å². The number of hydrogen-bond donors (Lipinski definition) is 2. The van der Waals surface area contributed by atoms with Crippen LogP contribution in [0, 0.1) is 5.82 Å². The lowest BCUT2D eigenvalue weighted by Gasteiger charge is -2.31. The van der Waals surface area contributed by atoms with Gasteiger partial charge < -0.3 is 19.8 Å². The molecule has 0 radical (unpaired) electrons. The van der Waals surface area contributed by atoms with Crippen molar-refractivity contribution >= 4 is 42.0 Å². The van der Waals surface area contributed by atoms with Crippen molar-refractivity contribution < 1.29 is 19.3 Å². The molecule has 1 saturated heterocycles. The summed E-state index contributed by atoms with van der Waals surface area (Å²) in [6.07, 6.45) is 3.39. The van der Waals surface area contributed by atoms with Crippen LogP contribution < -0.4 is 14.9 Å². The van der Waals surface area contributed by atoms with Crippen LogP contribution in [0.25, 0.3) is 32.9 Å². The molecule has 2 aromatic carbocycles. The fourth-order valence-corrected chi connectivity index (χ4v) is 5.25. The second kappa shape index (κ2) is 8.93. The molecule has 5 rings (SSSR count). The number of aliphatic hydroxyl groups is 1. The zero-order valence-corrected chi connectivity index (χ0v) is 20.2. The van der Waals surface area contributed by atoms with Crippen LogP contribution in [-0.2, 0) is 6.42 Å². The summed E-state index contributed by atoms with van der Waals surface area (Å²) in [5.74, 6) is 0.443. The summed E-state index contributed by atoms with van der Waals surface area (Å²) in [7, 11) is 4.21. The minimum absolute atomic E-state index is 0.0747. The van der Waals surface area contributed by atoms with Crippen molar-refractivity contribution in [2.24, 2.45) is 0 Å². The van der Waals surface area contributed by atoms with Gasteiger partial charge in [0.1, 0.15) is 17.4 Å². The van der Waals surface area contributed by atoms with Crippen LogP contribution in [-0.4, -0.2) is 51.5 Å². The van der Waals surface area contributed by atoms with Crippen LogP contribution in [0.3, 0.4) is 0 Å². The molecule has 0 amide bonds.